The molecule has 0 aliphatic carbocycles. The largest absolute Gasteiger partial charge is 0.462 e. The number of hydrogen-bond acceptors (Lipinski definition) is 5. The Kier molecular flexibility index (Phi) is 4.92. The highest BCUT2D eigenvalue weighted by Gasteiger charge is 2.18. The van der Waals surface area contributed by atoms with E-state index in [9.17, 15) is 4.79 Å². The van der Waals surface area contributed by atoms with Crippen LogP contribution in [0.2, 0.25) is 0 Å². The number of rotatable bonds is 6. The fraction of sp³-hybridized carbons (Fsp3) is 0.429. The van der Waals surface area contributed by atoms with E-state index >= 15 is 0 Å². The van der Waals surface area contributed by atoms with Crippen LogP contribution in [-0.4, -0.2) is 34.3 Å². The maximum Gasteiger partial charge on any atom is 0.341 e. The van der Waals surface area contributed by atoms with Crippen molar-refractivity contribution in [1.29, 1.82) is 0 Å². The monoisotopic (exact) mass is 293 g/mol. The third-order valence-electron chi connectivity index (χ3n) is 2.98. The van der Waals surface area contributed by atoms with Gasteiger partial charge in [-0.1, -0.05) is 6.07 Å². The molecule has 0 amide bonds. The molecule has 2 heterocycles. The molecule has 108 valence electrons. The van der Waals surface area contributed by atoms with Crippen molar-refractivity contribution in [2.24, 2.45) is 7.05 Å². The molecule has 20 heavy (non-hydrogen) atoms. The number of hydrogen-bond donors (Lipinski definition) is 0. The Morgan fingerprint density at radius 1 is 1.50 bits per heavy atom. The molecule has 2 aromatic heterocycles. The molecule has 2 rings (SSSR count). The van der Waals surface area contributed by atoms with Crippen molar-refractivity contribution < 1.29 is 9.53 Å². The SMILES string of the molecule is CCOC(=O)c1cnn(C)c1CN(C)Cc1cccs1. The first kappa shape index (κ1) is 14.7. The van der Waals surface area contributed by atoms with Crippen LogP contribution in [0.25, 0.3) is 0 Å². The van der Waals surface area contributed by atoms with E-state index in [0.29, 0.717) is 18.7 Å². The van der Waals surface area contributed by atoms with E-state index in [4.69, 9.17) is 4.74 Å². The Bertz CT molecular complexity index is 563. The zero-order valence-corrected chi connectivity index (χ0v) is 12.8. The van der Waals surface area contributed by atoms with Gasteiger partial charge < -0.3 is 4.74 Å². The van der Waals surface area contributed by atoms with Gasteiger partial charge in [0, 0.05) is 25.0 Å². The fourth-order valence-electron chi connectivity index (χ4n) is 2.01. The minimum absolute atomic E-state index is 0.305. The average Bonchev–Trinajstić information content (AvgIpc) is 3.01. The van der Waals surface area contributed by atoms with Gasteiger partial charge in [0.15, 0.2) is 0 Å². The van der Waals surface area contributed by atoms with E-state index in [2.05, 4.69) is 21.4 Å². The first-order valence-electron chi connectivity index (χ1n) is 6.50. The van der Waals surface area contributed by atoms with Crippen molar-refractivity contribution in [3.8, 4) is 0 Å². The molecule has 5 nitrogen and oxygen atoms in total. The molecule has 0 aliphatic heterocycles. The number of nitrogens with zero attached hydrogens (tertiary/aromatic N) is 3. The van der Waals surface area contributed by atoms with E-state index in [-0.39, 0.29) is 5.97 Å². The van der Waals surface area contributed by atoms with Crippen LogP contribution < -0.4 is 0 Å². The zero-order chi connectivity index (χ0) is 14.5. The molecule has 0 aliphatic rings. The van der Waals surface area contributed by atoms with Gasteiger partial charge in [0.2, 0.25) is 0 Å². The molecule has 0 saturated carbocycles. The van der Waals surface area contributed by atoms with Gasteiger partial charge in [-0.3, -0.25) is 9.58 Å². The van der Waals surface area contributed by atoms with Crippen LogP contribution in [0.4, 0.5) is 0 Å². The quantitative estimate of drug-likeness (QED) is 0.767. The molecule has 2 aromatic rings. The lowest BCUT2D eigenvalue weighted by Crippen LogP contribution is -2.20. The highest BCUT2D eigenvalue weighted by atomic mass is 32.1. The summed E-state index contributed by atoms with van der Waals surface area (Å²) in [5, 5.41) is 6.23. The van der Waals surface area contributed by atoms with Crippen molar-refractivity contribution in [1.82, 2.24) is 14.7 Å². The lowest BCUT2D eigenvalue weighted by molar-refractivity contribution is 0.0524. The van der Waals surface area contributed by atoms with E-state index in [0.717, 1.165) is 12.2 Å². The lowest BCUT2D eigenvalue weighted by atomic mass is 10.2. The predicted octanol–water partition coefficient (Wildman–Crippen LogP) is 2.29. The number of aryl methyl sites for hydroxylation is 1. The summed E-state index contributed by atoms with van der Waals surface area (Å²) in [6, 6.07) is 4.15. The number of carbonyl (C=O) groups is 1. The molecule has 0 spiro atoms. The number of thiophene rings is 1. The van der Waals surface area contributed by atoms with Gasteiger partial charge in [-0.05, 0) is 25.4 Å². The highest BCUT2D eigenvalue weighted by Crippen LogP contribution is 2.15. The molecular formula is C14H19N3O2S. The Labute approximate surface area is 122 Å². The van der Waals surface area contributed by atoms with Gasteiger partial charge in [0.25, 0.3) is 0 Å². The van der Waals surface area contributed by atoms with Crippen LogP contribution in [0.1, 0.15) is 27.9 Å². The lowest BCUT2D eigenvalue weighted by Gasteiger charge is -2.16. The van der Waals surface area contributed by atoms with Gasteiger partial charge in [-0.25, -0.2) is 4.79 Å². The van der Waals surface area contributed by atoms with Crippen LogP contribution in [0.5, 0.6) is 0 Å². The van der Waals surface area contributed by atoms with E-state index < -0.39 is 0 Å². The first-order chi connectivity index (χ1) is 9.61. The summed E-state index contributed by atoms with van der Waals surface area (Å²) >= 11 is 1.73. The van der Waals surface area contributed by atoms with Gasteiger partial charge >= 0.3 is 5.97 Å². The first-order valence-corrected chi connectivity index (χ1v) is 7.38. The Morgan fingerprint density at radius 2 is 2.30 bits per heavy atom. The summed E-state index contributed by atoms with van der Waals surface area (Å²) in [5.41, 5.74) is 1.43. The molecule has 6 heteroatoms. The van der Waals surface area contributed by atoms with Gasteiger partial charge in [0.1, 0.15) is 5.56 Å². The minimum atomic E-state index is -0.305. The number of ether oxygens (including phenoxy) is 1. The maximum absolute atomic E-state index is 11.9. The smallest absolute Gasteiger partial charge is 0.341 e. The fourth-order valence-corrected chi connectivity index (χ4v) is 2.79. The summed E-state index contributed by atoms with van der Waals surface area (Å²) in [6.45, 7) is 3.68. The summed E-state index contributed by atoms with van der Waals surface area (Å²) in [4.78, 5) is 15.3. The second-order valence-electron chi connectivity index (χ2n) is 4.60. The summed E-state index contributed by atoms with van der Waals surface area (Å²) in [6.07, 6.45) is 1.58. The van der Waals surface area contributed by atoms with Crippen LogP contribution >= 0.6 is 11.3 Å². The third kappa shape index (κ3) is 3.46. The topological polar surface area (TPSA) is 47.4 Å². The second kappa shape index (κ2) is 6.67. The number of aromatic nitrogens is 2. The zero-order valence-electron chi connectivity index (χ0n) is 12.0. The van der Waals surface area contributed by atoms with Gasteiger partial charge in [-0.15, -0.1) is 11.3 Å². The molecule has 0 unspecified atom stereocenters. The van der Waals surface area contributed by atoms with Crippen molar-refractivity contribution >= 4 is 17.3 Å². The summed E-state index contributed by atoms with van der Waals surface area (Å²) in [7, 11) is 3.87. The molecule has 0 bridgehead atoms. The van der Waals surface area contributed by atoms with Crippen molar-refractivity contribution in [3.05, 3.63) is 39.8 Å². The van der Waals surface area contributed by atoms with Crippen LogP contribution in [0, 0.1) is 0 Å². The van der Waals surface area contributed by atoms with Crippen LogP contribution in [-0.2, 0) is 24.9 Å². The summed E-state index contributed by atoms with van der Waals surface area (Å²) in [5.74, 6) is -0.305. The van der Waals surface area contributed by atoms with E-state index in [1.807, 2.05) is 20.2 Å². The molecule has 0 fully saturated rings. The normalized spacial score (nSPS) is 11.0. The average molecular weight is 293 g/mol. The van der Waals surface area contributed by atoms with Gasteiger partial charge in [0.05, 0.1) is 18.5 Å². The van der Waals surface area contributed by atoms with Crippen molar-refractivity contribution in [2.75, 3.05) is 13.7 Å². The molecular weight excluding hydrogens is 274 g/mol. The van der Waals surface area contributed by atoms with Crippen LogP contribution in [0.3, 0.4) is 0 Å². The summed E-state index contributed by atoms with van der Waals surface area (Å²) < 4.78 is 6.79. The third-order valence-corrected chi connectivity index (χ3v) is 3.84. The Hall–Kier alpha value is -1.66. The molecule has 0 radical (unpaired) electrons. The second-order valence-corrected chi connectivity index (χ2v) is 5.63. The predicted molar refractivity (Wildman–Crippen MR) is 78.7 cm³/mol. The minimum Gasteiger partial charge on any atom is -0.462 e. The molecule has 0 N–H and O–H groups in total. The van der Waals surface area contributed by atoms with Crippen molar-refractivity contribution in [2.45, 2.75) is 20.0 Å². The maximum atomic E-state index is 11.9. The Balaban J connectivity index is 2.08. The standard InChI is InChI=1S/C14H19N3O2S/c1-4-19-14(18)12-8-15-17(3)13(12)10-16(2)9-11-6-5-7-20-11/h5-8H,4,9-10H2,1-3H3. The van der Waals surface area contributed by atoms with Crippen molar-refractivity contribution in [3.63, 3.8) is 0 Å². The number of esters is 1. The van der Waals surface area contributed by atoms with E-state index in [1.165, 1.54) is 4.88 Å². The number of carbonyl (C=O) groups excluding carboxylic acids is 1. The van der Waals surface area contributed by atoms with E-state index in [1.54, 1.807) is 29.1 Å². The van der Waals surface area contributed by atoms with Gasteiger partial charge in [-0.2, -0.15) is 5.10 Å². The molecule has 0 aromatic carbocycles. The Morgan fingerprint density at radius 3 is 2.95 bits per heavy atom. The molecule has 0 saturated heterocycles. The molecule has 0 atom stereocenters. The highest BCUT2D eigenvalue weighted by molar-refractivity contribution is 7.09. The van der Waals surface area contributed by atoms with Crippen LogP contribution in [0.15, 0.2) is 23.7 Å².